The lowest BCUT2D eigenvalue weighted by atomic mass is 10.1. The lowest BCUT2D eigenvalue weighted by Gasteiger charge is -1.97. The Morgan fingerprint density at radius 1 is 0.722 bits per heavy atom. The summed E-state index contributed by atoms with van der Waals surface area (Å²) in [5.74, 6) is 0. The lowest BCUT2D eigenvalue weighted by molar-refractivity contribution is 1.49. The standard InChI is InChI=1S/C12H9N.C4H4S/c1-2-4-11-9(3-1)5-6-10-7-8-13-12(10)11;1-2-4-5-3-1/h1-8,13H;1-4H. The smallest absolute Gasteiger partial charge is 0.0533 e. The molecule has 4 rings (SSSR count). The van der Waals surface area contributed by atoms with Gasteiger partial charge < -0.3 is 4.98 Å². The summed E-state index contributed by atoms with van der Waals surface area (Å²) in [6.45, 7) is 0. The van der Waals surface area contributed by atoms with E-state index in [1.807, 2.05) is 29.1 Å². The summed E-state index contributed by atoms with van der Waals surface area (Å²) >= 11 is 1.71. The van der Waals surface area contributed by atoms with Crippen molar-refractivity contribution in [2.24, 2.45) is 0 Å². The maximum absolute atomic E-state index is 3.26. The van der Waals surface area contributed by atoms with Crippen LogP contribution in [0.2, 0.25) is 0 Å². The summed E-state index contributed by atoms with van der Waals surface area (Å²) in [6.07, 6.45) is 1.98. The Hall–Kier alpha value is -2.06. The van der Waals surface area contributed by atoms with Crippen LogP contribution in [0.3, 0.4) is 0 Å². The SMILES string of the molecule is c1ccc2c(c1)ccc1cc[nH]c12.c1ccsc1. The largest absolute Gasteiger partial charge is 0.361 e. The third kappa shape index (κ3) is 2.15. The zero-order valence-corrected chi connectivity index (χ0v) is 10.7. The van der Waals surface area contributed by atoms with E-state index in [2.05, 4.69) is 47.4 Å². The molecular formula is C16H13NS. The van der Waals surface area contributed by atoms with Gasteiger partial charge in [0.15, 0.2) is 0 Å². The van der Waals surface area contributed by atoms with Crippen molar-refractivity contribution in [1.82, 2.24) is 4.98 Å². The van der Waals surface area contributed by atoms with Gasteiger partial charge in [0.2, 0.25) is 0 Å². The second kappa shape index (κ2) is 5.07. The van der Waals surface area contributed by atoms with Crippen LogP contribution in [0.5, 0.6) is 0 Å². The number of H-pyrrole nitrogens is 1. The first-order valence-electron chi connectivity index (χ1n) is 5.87. The topological polar surface area (TPSA) is 15.8 Å². The zero-order chi connectivity index (χ0) is 12.2. The fourth-order valence-corrected chi connectivity index (χ4v) is 2.48. The number of aromatic amines is 1. The average molecular weight is 251 g/mol. The Kier molecular flexibility index (Phi) is 3.11. The summed E-state index contributed by atoms with van der Waals surface area (Å²) in [5.41, 5.74) is 1.23. The Bertz CT molecular complexity index is 721. The molecule has 0 spiro atoms. The van der Waals surface area contributed by atoms with Crippen molar-refractivity contribution in [3.8, 4) is 0 Å². The predicted octanol–water partition coefficient (Wildman–Crippen LogP) is 5.07. The van der Waals surface area contributed by atoms with Gasteiger partial charge in [-0.25, -0.2) is 0 Å². The molecule has 0 saturated carbocycles. The van der Waals surface area contributed by atoms with Crippen LogP contribution in [0, 0.1) is 0 Å². The van der Waals surface area contributed by atoms with Crippen molar-refractivity contribution in [3.63, 3.8) is 0 Å². The summed E-state index contributed by atoms with van der Waals surface area (Å²) in [4.78, 5) is 3.26. The number of thiophene rings is 1. The molecule has 2 heterocycles. The molecular weight excluding hydrogens is 238 g/mol. The molecule has 0 amide bonds. The van der Waals surface area contributed by atoms with Gasteiger partial charge in [0.1, 0.15) is 0 Å². The molecule has 2 aromatic carbocycles. The second-order valence-corrected chi connectivity index (χ2v) is 4.84. The van der Waals surface area contributed by atoms with Gasteiger partial charge >= 0.3 is 0 Å². The molecule has 0 atom stereocenters. The maximum atomic E-state index is 3.26. The Balaban J connectivity index is 0.000000169. The lowest BCUT2D eigenvalue weighted by Crippen LogP contribution is -1.73. The van der Waals surface area contributed by atoms with E-state index in [0.717, 1.165) is 0 Å². The third-order valence-electron chi connectivity index (χ3n) is 2.88. The maximum Gasteiger partial charge on any atom is 0.0533 e. The highest BCUT2D eigenvalue weighted by Gasteiger charge is 1.98. The number of benzene rings is 2. The number of aromatic nitrogens is 1. The van der Waals surface area contributed by atoms with Crippen molar-refractivity contribution < 1.29 is 0 Å². The minimum absolute atomic E-state index is 1.23. The van der Waals surface area contributed by atoms with Crippen molar-refractivity contribution in [2.45, 2.75) is 0 Å². The predicted molar refractivity (Wildman–Crippen MR) is 80.1 cm³/mol. The van der Waals surface area contributed by atoms with E-state index in [0.29, 0.717) is 0 Å². The normalized spacial score (nSPS) is 10.2. The van der Waals surface area contributed by atoms with E-state index in [-0.39, 0.29) is 0 Å². The highest BCUT2D eigenvalue weighted by Crippen LogP contribution is 2.23. The van der Waals surface area contributed by atoms with Gasteiger partial charge in [0.25, 0.3) is 0 Å². The molecule has 0 aliphatic rings. The Labute approximate surface area is 110 Å². The summed E-state index contributed by atoms with van der Waals surface area (Å²) in [7, 11) is 0. The van der Waals surface area contributed by atoms with Crippen LogP contribution in [0.1, 0.15) is 0 Å². The van der Waals surface area contributed by atoms with Gasteiger partial charge in [-0.2, -0.15) is 11.3 Å². The molecule has 0 saturated heterocycles. The van der Waals surface area contributed by atoms with E-state index < -0.39 is 0 Å². The molecule has 1 nitrogen and oxygen atoms in total. The van der Waals surface area contributed by atoms with E-state index in [4.69, 9.17) is 0 Å². The third-order valence-corrected chi connectivity index (χ3v) is 3.51. The van der Waals surface area contributed by atoms with Crippen LogP contribution in [-0.4, -0.2) is 4.98 Å². The Morgan fingerprint density at radius 3 is 2.28 bits per heavy atom. The fourth-order valence-electron chi connectivity index (χ4n) is 2.03. The monoisotopic (exact) mass is 251 g/mol. The van der Waals surface area contributed by atoms with E-state index in [1.54, 1.807) is 11.3 Å². The number of nitrogens with one attached hydrogen (secondary N) is 1. The molecule has 2 heteroatoms. The molecule has 0 radical (unpaired) electrons. The van der Waals surface area contributed by atoms with Crippen LogP contribution in [-0.2, 0) is 0 Å². The van der Waals surface area contributed by atoms with Crippen LogP contribution in [0.15, 0.2) is 71.6 Å². The van der Waals surface area contributed by atoms with Gasteiger partial charge in [0, 0.05) is 17.0 Å². The Morgan fingerprint density at radius 2 is 1.50 bits per heavy atom. The van der Waals surface area contributed by atoms with Crippen molar-refractivity contribution in [2.75, 3.05) is 0 Å². The van der Waals surface area contributed by atoms with Crippen LogP contribution in [0.25, 0.3) is 21.7 Å². The van der Waals surface area contributed by atoms with Gasteiger partial charge in [-0.3, -0.25) is 0 Å². The molecule has 4 aromatic rings. The quantitative estimate of drug-likeness (QED) is 0.449. The minimum atomic E-state index is 1.23. The number of rotatable bonds is 0. The molecule has 18 heavy (non-hydrogen) atoms. The van der Waals surface area contributed by atoms with E-state index >= 15 is 0 Å². The highest BCUT2D eigenvalue weighted by atomic mass is 32.1. The number of hydrogen-bond acceptors (Lipinski definition) is 1. The second-order valence-electron chi connectivity index (χ2n) is 4.02. The molecule has 0 aliphatic heterocycles. The van der Waals surface area contributed by atoms with Gasteiger partial charge in [-0.15, -0.1) is 0 Å². The van der Waals surface area contributed by atoms with Crippen LogP contribution < -0.4 is 0 Å². The number of fused-ring (bicyclic) bond motifs is 3. The molecule has 0 aliphatic carbocycles. The summed E-state index contributed by atoms with van der Waals surface area (Å²) in [6, 6.07) is 18.9. The molecule has 2 aromatic heterocycles. The zero-order valence-electron chi connectivity index (χ0n) is 9.84. The van der Waals surface area contributed by atoms with Gasteiger partial charge in [0.05, 0.1) is 5.52 Å². The summed E-state index contributed by atoms with van der Waals surface area (Å²) in [5, 5.41) is 7.95. The van der Waals surface area contributed by atoms with Gasteiger partial charge in [-0.1, -0.05) is 48.5 Å². The molecule has 1 N–H and O–H groups in total. The van der Waals surface area contributed by atoms with Crippen molar-refractivity contribution in [1.29, 1.82) is 0 Å². The minimum Gasteiger partial charge on any atom is -0.361 e. The summed E-state index contributed by atoms with van der Waals surface area (Å²) < 4.78 is 0. The van der Waals surface area contributed by atoms with E-state index in [9.17, 15) is 0 Å². The highest BCUT2D eigenvalue weighted by molar-refractivity contribution is 7.07. The first-order chi connectivity index (χ1) is 8.95. The molecule has 88 valence electrons. The first kappa shape index (κ1) is 11.1. The fraction of sp³-hybridized carbons (Fsp3) is 0. The number of hydrogen-bond donors (Lipinski definition) is 1. The average Bonchev–Trinajstić information content (AvgIpc) is 3.12. The molecule has 0 fully saturated rings. The van der Waals surface area contributed by atoms with Crippen molar-refractivity contribution in [3.05, 3.63) is 71.6 Å². The molecule has 0 bridgehead atoms. The first-order valence-corrected chi connectivity index (χ1v) is 6.81. The molecule has 0 unspecified atom stereocenters. The van der Waals surface area contributed by atoms with Crippen molar-refractivity contribution >= 4 is 33.0 Å². The van der Waals surface area contributed by atoms with Gasteiger partial charge in [-0.05, 0) is 22.2 Å². The van der Waals surface area contributed by atoms with Crippen LogP contribution >= 0.6 is 11.3 Å². The van der Waals surface area contributed by atoms with Crippen LogP contribution in [0.4, 0.5) is 0 Å². The van der Waals surface area contributed by atoms with E-state index in [1.165, 1.54) is 21.7 Å².